The van der Waals surface area contributed by atoms with Gasteiger partial charge >= 0.3 is 6.09 Å². The smallest absolute Gasteiger partial charge is 0.412 e. The van der Waals surface area contributed by atoms with Crippen molar-refractivity contribution in [3.8, 4) is 0 Å². The first-order valence-electron chi connectivity index (χ1n) is 5.71. The Morgan fingerprint density at radius 3 is 2.59 bits per heavy atom. The van der Waals surface area contributed by atoms with Gasteiger partial charge in [-0.2, -0.15) is 0 Å². The molecule has 1 rings (SSSR count). The van der Waals surface area contributed by atoms with Crippen LogP contribution in [0.2, 0.25) is 0 Å². The zero-order chi connectivity index (χ0) is 13.1. The maximum atomic E-state index is 11.6. The van der Waals surface area contributed by atoms with Crippen molar-refractivity contribution < 1.29 is 9.53 Å². The molecule has 0 saturated carbocycles. The Morgan fingerprint density at radius 2 is 2.06 bits per heavy atom. The van der Waals surface area contributed by atoms with Crippen LogP contribution in [0.1, 0.15) is 33.3 Å². The van der Waals surface area contributed by atoms with Crippen molar-refractivity contribution in [2.75, 3.05) is 11.1 Å². The van der Waals surface area contributed by atoms with Gasteiger partial charge in [-0.15, -0.1) is 0 Å². The fraction of sp³-hybridized carbons (Fsp3) is 0.462. The van der Waals surface area contributed by atoms with Crippen molar-refractivity contribution in [3.05, 3.63) is 23.8 Å². The fourth-order valence-corrected chi connectivity index (χ4v) is 1.53. The molecule has 0 bridgehead atoms. The molecular formula is C13H20N2O2. The predicted molar refractivity (Wildman–Crippen MR) is 70.1 cm³/mol. The van der Waals surface area contributed by atoms with Crippen LogP contribution in [-0.2, 0) is 11.2 Å². The maximum absolute atomic E-state index is 11.6. The van der Waals surface area contributed by atoms with Gasteiger partial charge in [-0.05, 0) is 44.9 Å². The summed E-state index contributed by atoms with van der Waals surface area (Å²) in [5.74, 6) is 0. The van der Waals surface area contributed by atoms with Gasteiger partial charge < -0.3 is 10.5 Å². The summed E-state index contributed by atoms with van der Waals surface area (Å²) in [4.78, 5) is 11.6. The molecule has 1 aromatic rings. The van der Waals surface area contributed by atoms with E-state index in [0.29, 0.717) is 11.4 Å². The first-order chi connectivity index (χ1) is 7.83. The molecule has 0 saturated heterocycles. The molecular weight excluding hydrogens is 216 g/mol. The molecule has 0 aromatic heterocycles. The summed E-state index contributed by atoms with van der Waals surface area (Å²) in [7, 11) is 0. The summed E-state index contributed by atoms with van der Waals surface area (Å²) in [6, 6.07) is 5.44. The van der Waals surface area contributed by atoms with Crippen molar-refractivity contribution in [2.24, 2.45) is 0 Å². The second kappa shape index (κ2) is 5.08. The van der Waals surface area contributed by atoms with Gasteiger partial charge in [0.15, 0.2) is 0 Å². The Hall–Kier alpha value is -1.71. The fourth-order valence-electron chi connectivity index (χ4n) is 1.53. The van der Waals surface area contributed by atoms with Gasteiger partial charge in [0, 0.05) is 11.4 Å². The summed E-state index contributed by atoms with van der Waals surface area (Å²) < 4.78 is 5.19. The van der Waals surface area contributed by atoms with Crippen LogP contribution >= 0.6 is 0 Å². The van der Waals surface area contributed by atoms with E-state index in [-0.39, 0.29) is 0 Å². The number of anilines is 2. The van der Waals surface area contributed by atoms with E-state index in [1.807, 2.05) is 39.8 Å². The van der Waals surface area contributed by atoms with Gasteiger partial charge in [0.05, 0.1) is 0 Å². The summed E-state index contributed by atoms with van der Waals surface area (Å²) in [5, 5.41) is 2.72. The molecule has 0 unspecified atom stereocenters. The van der Waals surface area contributed by atoms with Crippen LogP contribution in [0, 0.1) is 0 Å². The Labute approximate surface area is 102 Å². The molecule has 0 atom stereocenters. The number of amides is 1. The number of nitrogens with two attached hydrogens (primary N) is 1. The maximum Gasteiger partial charge on any atom is 0.412 e. The highest BCUT2D eigenvalue weighted by Crippen LogP contribution is 2.23. The molecule has 4 nitrogen and oxygen atoms in total. The molecule has 0 aliphatic rings. The highest BCUT2D eigenvalue weighted by atomic mass is 16.6. The van der Waals surface area contributed by atoms with Gasteiger partial charge in [0.1, 0.15) is 5.60 Å². The second-order valence-electron chi connectivity index (χ2n) is 4.85. The molecule has 1 aromatic carbocycles. The molecule has 0 spiro atoms. The monoisotopic (exact) mass is 236 g/mol. The van der Waals surface area contributed by atoms with E-state index in [1.54, 1.807) is 6.07 Å². The lowest BCUT2D eigenvalue weighted by Gasteiger charge is -2.20. The largest absolute Gasteiger partial charge is 0.444 e. The number of hydrogen-bond donors (Lipinski definition) is 2. The standard InChI is InChI=1S/C13H20N2O2/c1-5-9-10(14)7-6-8-11(9)15-12(16)17-13(2,3)4/h6-8H,5,14H2,1-4H3,(H,15,16). The van der Waals surface area contributed by atoms with E-state index >= 15 is 0 Å². The Balaban J connectivity index is 2.82. The van der Waals surface area contributed by atoms with Gasteiger partial charge in [0.25, 0.3) is 0 Å². The van der Waals surface area contributed by atoms with E-state index in [1.165, 1.54) is 0 Å². The van der Waals surface area contributed by atoms with Gasteiger partial charge in [-0.1, -0.05) is 13.0 Å². The Bertz CT molecular complexity index is 408. The van der Waals surface area contributed by atoms with E-state index in [2.05, 4.69) is 5.32 Å². The first-order valence-corrected chi connectivity index (χ1v) is 5.71. The normalized spacial score (nSPS) is 11.1. The topological polar surface area (TPSA) is 64.3 Å². The third-order valence-corrected chi connectivity index (χ3v) is 2.20. The minimum atomic E-state index is -0.503. The summed E-state index contributed by atoms with van der Waals surface area (Å²) in [6.07, 6.45) is 0.301. The van der Waals surface area contributed by atoms with Crippen molar-refractivity contribution in [3.63, 3.8) is 0 Å². The molecule has 0 heterocycles. The van der Waals surface area contributed by atoms with Crippen LogP contribution < -0.4 is 11.1 Å². The molecule has 4 heteroatoms. The third kappa shape index (κ3) is 3.98. The van der Waals surface area contributed by atoms with Gasteiger partial charge in [0.2, 0.25) is 0 Å². The number of nitrogens with one attached hydrogen (secondary N) is 1. The molecule has 0 aliphatic carbocycles. The average molecular weight is 236 g/mol. The number of carbonyl (C=O) groups excluding carboxylic acids is 1. The number of rotatable bonds is 2. The summed E-state index contributed by atoms with van der Waals surface area (Å²) >= 11 is 0. The van der Waals surface area contributed by atoms with Crippen molar-refractivity contribution in [2.45, 2.75) is 39.7 Å². The SMILES string of the molecule is CCc1c(N)cccc1NC(=O)OC(C)(C)C. The predicted octanol–water partition coefficient (Wildman–Crippen LogP) is 3.18. The second-order valence-corrected chi connectivity index (χ2v) is 4.85. The third-order valence-electron chi connectivity index (χ3n) is 2.20. The van der Waals surface area contributed by atoms with E-state index < -0.39 is 11.7 Å². The number of hydrogen-bond acceptors (Lipinski definition) is 3. The van der Waals surface area contributed by atoms with Crippen LogP contribution in [0.3, 0.4) is 0 Å². The van der Waals surface area contributed by atoms with Crippen LogP contribution in [0.25, 0.3) is 0 Å². The first kappa shape index (κ1) is 13.4. The lowest BCUT2D eigenvalue weighted by Crippen LogP contribution is -2.27. The van der Waals surface area contributed by atoms with Gasteiger partial charge in [-0.3, -0.25) is 5.32 Å². The molecule has 0 fully saturated rings. The Morgan fingerprint density at radius 1 is 1.41 bits per heavy atom. The van der Waals surface area contributed by atoms with E-state index in [0.717, 1.165) is 12.0 Å². The molecule has 17 heavy (non-hydrogen) atoms. The number of nitrogen functional groups attached to an aromatic ring is 1. The minimum Gasteiger partial charge on any atom is -0.444 e. The van der Waals surface area contributed by atoms with E-state index in [4.69, 9.17) is 10.5 Å². The van der Waals surface area contributed by atoms with Crippen LogP contribution in [-0.4, -0.2) is 11.7 Å². The Kier molecular flexibility index (Phi) is 3.99. The van der Waals surface area contributed by atoms with E-state index in [9.17, 15) is 4.79 Å². The van der Waals surface area contributed by atoms with Crippen molar-refractivity contribution in [1.82, 2.24) is 0 Å². The molecule has 94 valence electrons. The quantitative estimate of drug-likeness (QED) is 0.775. The summed E-state index contributed by atoms with van der Waals surface area (Å²) in [6.45, 7) is 7.47. The highest BCUT2D eigenvalue weighted by molar-refractivity contribution is 5.87. The number of ether oxygens (including phenoxy) is 1. The average Bonchev–Trinajstić information content (AvgIpc) is 2.14. The van der Waals surface area contributed by atoms with Crippen molar-refractivity contribution in [1.29, 1.82) is 0 Å². The van der Waals surface area contributed by atoms with Crippen LogP contribution in [0.4, 0.5) is 16.2 Å². The number of carbonyl (C=O) groups is 1. The van der Waals surface area contributed by atoms with Crippen LogP contribution in [0.5, 0.6) is 0 Å². The molecule has 3 N–H and O–H groups in total. The zero-order valence-corrected chi connectivity index (χ0v) is 10.8. The van der Waals surface area contributed by atoms with Gasteiger partial charge in [-0.25, -0.2) is 4.79 Å². The number of benzene rings is 1. The highest BCUT2D eigenvalue weighted by Gasteiger charge is 2.17. The van der Waals surface area contributed by atoms with Crippen LogP contribution in [0.15, 0.2) is 18.2 Å². The minimum absolute atomic E-state index is 0.460. The zero-order valence-electron chi connectivity index (χ0n) is 10.8. The lowest BCUT2D eigenvalue weighted by atomic mass is 10.1. The lowest BCUT2D eigenvalue weighted by molar-refractivity contribution is 0.0636. The molecule has 1 amide bonds. The van der Waals surface area contributed by atoms with Crippen molar-refractivity contribution >= 4 is 17.5 Å². The summed E-state index contributed by atoms with van der Waals surface area (Å²) in [5.41, 5.74) is 7.66. The molecule has 0 aliphatic heterocycles. The molecule has 0 radical (unpaired) electrons.